The number of esters is 1. The zero-order valence-corrected chi connectivity index (χ0v) is 15.6. The highest BCUT2D eigenvalue weighted by molar-refractivity contribution is 5.95. The highest BCUT2D eigenvalue weighted by Gasteiger charge is 2.19. The van der Waals surface area contributed by atoms with Crippen LogP contribution in [-0.2, 0) is 9.53 Å². The Hall–Kier alpha value is -3.02. The molecule has 0 heterocycles. The third-order valence-corrected chi connectivity index (χ3v) is 3.99. The summed E-state index contributed by atoms with van der Waals surface area (Å²) in [5.41, 5.74) is 3.07. The van der Waals surface area contributed by atoms with Crippen molar-refractivity contribution in [3.8, 4) is 11.5 Å². The molecule has 2 rings (SSSR count). The normalized spacial score (nSPS) is 11.4. The van der Waals surface area contributed by atoms with Crippen LogP contribution in [-0.4, -0.2) is 32.2 Å². The maximum absolute atomic E-state index is 12.5. The Balaban J connectivity index is 2.15. The van der Waals surface area contributed by atoms with Gasteiger partial charge in [0.15, 0.2) is 17.6 Å². The summed E-state index contributed by atoms with van der Waals surface area (Å²) in [5.74, 6) is -0.0407. The SMILES string of the molecule is COC(=O)c1ccc(O[C@@H](C)C(=O)Nc2c(C)cccc2C)c(OC)c1. The Labute approximate surface area is 153 Å². The van der Waals surface area contributed by atoms with Gasteiger partial charge in [0.05, 0.1) is 19.8 Å². The van der Waals surface area contributed by atoms with Gasteiger partial charge in [0.25, 0.3) is 5.91 Å². The van der Waals surface area contributed by atoms with Gasteiger partial charge in [-0.3, -0.25) is 4.79 Å². The largest absolute Gasteiger partial charge is 0.493 e. The Morgan fingerprint density at radius 3 is 2.23 bits per heavy atom. The summed E-state index contributed by atoms with van der Waals surface area (Å²) in [6.07, 6.45) is -0.758. The first-order valence-electron chi connectivity index (χ1n) is 8.17. The number of ether oxygens (including phenoxy) is 3. The van der Waals surface area contributed by atoms with E-state index in [0.717, 1.165) is 16.8 Å². The quantitative estimate of drug-likeness (QED) is 0.801. The number of carbonyl (C=O) groups is 2. The van der Waals surface area contributed by atoms with E-state index in [9.17, 15) is 9.59 Å². The summed E-state index contributed by atoms with van der Waals surface area (Å²) in [7, 11) is 2.77. The highest BCUT2D eigenvalue weighted by Crippen LogP contribution is 2.29. The van der Waals surface area contributed by atoms with Gasteiger partial charge in [-0.1, -0.05) is 18.2 Å². The second kappa shape index (κ2) is 8.38. The van der Waals surface area contributed by atoms with Crippen molar-refractivity contribution in [3.05, 3.63) is 53.1 Å². The molecule has 0 fully saturated rings. The number of rotatable bonds is 6. The fourth-order valence-electron chi connectivity index (χ4n) is 2.49. The van der Waals surface area contributed by atoms with Gasteiger partial charge in [-0.05, 0) is 50.1 Å². The summed E-state index contributed by atoms with van der Waals surface area (Å²) >= 11 is 0. The van der Waals surface area contributed by atoms with E-state index in [-0.39, 0.29) is 5.91 Å². The van der Waals surface area contributed by atoms with Crippen molar-refractivity contribution in [3.63, 3.8) is 0 Å². The number of carbonyl (C=O) groups excluding carboxylic acids is 2. The predicted octanol–water partition coefficient (Wildman–Crippen LogP) is 3.50. The lowest BCUT2D eigenvalue weighted by Gasteiger charge is -2.18. The van der Waals surface area contributed by atoms with E-state index in [1.54, 1.807) is 19.1 Å². The molecule has 0 aromatic heterocycles. The number of nitrogens with one attached hydrogen (secondary N) is 1. The molecule has 1 N–H and O–H groups in total. The number of anilines is 1. The Bertz CT molecular complexity index is 796. The number of amides is 1. The third-order valence-electron chi connectivity index (χ3n) is 3.99. The molecule has 6 nitrogen and oxygen atoms in total. The first kappa shape index (κ1) is 19.3. The third kappa shape index (κ3) is 4.33. The van der Waals surface area contributed by atoms with Crippen molar-refractivity contribution in [2.75, 3.05) is 19.5 Å². The number of methoxy groups -OCH3 is 2. The number of benzene rings is 2. The lowest BCUT2D eigenvalue weighted by Crippen LogP contribution is -2.30. The van der Waals surface area contributed by atoms with Crippen LogP contribution in [0.5, 0.6) is 11.5 Å². The van der Waals surface area contributed by atoms with Gasteiger partial charge >= 0.3 is 5.97 Å². The van der Waals surface area contributed by atoms with Crippen LogP contribution in [0, 0.1) is 13.8 Å². The minimum absolute atomic E-state index is 0.276. The van der Waals surface area contributed by atoms with E-state index < -0.39 is 12.1 Å². The molecular formula is C20H23NO5. The van der Waals surface area contributed by atoms with Crippen LogP contribution < -0.4 is 14.8 Å². The summed E-state index contributed by atoms with van der Waals surface area (Å²) in [4.78, 5) is 24.1. The lowest BCUT2D eigenvalue weighted by atomic mass is 10.1. The molecule has 0 saturated carbocycles. The van der Waals surface area contributed by atoms with E-state index in [0.29, 0.717) is 17.1 Å². The molecule has 6 heteroatoms. The summed E-state index contributed by atoms with van der Waals surface area (Å²) in [6, 6.07) is 10.4. The molecule has 0 aliphatic carbocycles. The number of hydrogen-bond donors (Lipinski definition) is 1. The van der Waals surface area contributed by atoms with Crippen LogP contribution in [0.2, 0.25) is 0 Å². The van der Waals surface area contributed by atoms with Crippen molar-refractivity contribution in [1.29, 1.82) is 0 Å². The first-order chi connectivity index (χ1) is 12.4. The second-order valence-corrected chi connectivity index (χ2v) is 5.87. The van der Waals surface area contributed by atoms with Gasteiger partial charge in [0.1, 0.15) is 0 Å². The molecular weight excluding hydrogens is 334 g/mol. The molecule has 0 spiro atoms. The van der Waals surface area contributed by atoms with Crippen molar-refractivity contribution >= 4 is 17.6 Å². The fourth-order valence-corrected chi connectivity index (χ4v) is 2.49. The minimum atomic E-state index is -0.758. The highest BCUT2D eigenvalue weighted by atomic mass is 16.5. The van der Waals surface area contributed by atoms with Crippen LogP contribution in [0.4, 0.5) is 5.69 Å². The van der Waals surface area contributed by atoms with Gasteiger partial charge in [0.2, 0.25) is 0 Å². The van der Waals surface area contributed by atoms with E-state index in [4.69, 9.17) is 9.47 Å². The van der Waals surface area contributed by atoms with Gasteiger partial charge in [-0.25, -0.2) is 4.79 Å². The molecule has 0 unspecified atom stereocenters. The predicted molar refractivity (Wildman–Crippen MR) is 99.0 cm³/mol. The van der Waals surface area contributed by atoms with Gasteiger partial charge in [0, 0.05) is 5.69 Å². The molecule has 1 atom stereocenters. The molecule has 2 aromatic rings. The Morgan fingerprint density at radius 1 is 1.00 bits per heavy atom. The molecule has 1 amide bonds. The van der Waals surface area contributed by atoms with Crippen LogP contribution in [0.25, 0.3) is 0 Å². The summed E-state index contributed by atoms with van der Waals surface area (Å²) < 4.78 is 15.7. The maximum Gasteiger partial charge on any atom is 0.337 e. The van der Waals surface area contributed by atoms with Crippen molar-refractivity contribution in [1.82, 2.24) is 0 Å². The van der Waals surface area contributed by atoms with Crippen molar-refractivity contribution in [2.24, 2.45) is 0 Å². The molecule has 0 saturated heterocycles. The lowest BCUT2D eigenvalue weighted by molar-refractivity contribution is -0.122. The van der Waals surface area contributed by atoms with Gasteiger partial charge < -0.3 is 19.5 Å². The second-order valence-electron chi connectivity index (χ2n) is 5.87. The number of aryl methyl sites for hydroxylation is 2. The summed E-state index contributed by atoms with van der Waals surface area (Å²) in [6.45, 7) is 5.52. The Morgan fingerprint density at radius 2 is 1.65 bits per heavy atom. The van der Waals surface area contributed by atoms with Crippen LogP contribution in [0.15, 0.2) is 36.4 Å². The van der Waals surface area contributed by atoms with E-state index in [1.807, 2.05) is 32.0 Å². The van der Waals surface area contributed by atoms with Crippen LogP contribution >= 0.6 is 0 Å². The molecule has 0 aliphatic rings. The standard InChI is InChI=1S/C20H23NO5/c1-12-7-6-8-13(2)18(12)21-19(22)14(3)26-16-10-9-15(20(23)25-5)11-17(16)24-4/h6-11,14H,1-5H3,(H,21,22)/t14-/m0/s1. The molecule has 26 heavy (non-hydrogen) atoms. The number of hydrogen-bond acceptors (Lipinski definition) is 5. The van der Waals surface area contributed by atoms with E-state index in [1.165, 1.54) is 20.3 Å². The van der Waals surface area contributed by atoms with Crippen LogP contribution in [0.1, 0.15) is 28.4 Å². The molecule has 138 valence electrons. The zero-order chi connectivity index (χ0) is 19.3. The molecule has 0 bridgehead atoms. The first-order valence-corrected chi connectivity index (χ1v) is 8.17. The molecule has 0 radical (unpaired) electrons. The fraction of sp³-hybridized carbons (Fsp3) is 0.300. The Kier molecular flexibility index (Phi) is 6.22. The van der Waals surface area contributed by atoms with E-state index >= 15 is 0 Å². The monoisotopic (exact) mass is 357 g/mol. The minimum Gasteiger partial charge on any atom is -0.493 e. The average Bonchev–Trinajstić information content (AvgIpc) is 2.64. The van der Waals surface area contributed by atoms with Gasteiger partial charge in [-0.2, -0.15) is 0 Å². The number of para-hydroxylation sites is 1. The van der Waals surface area contributed by atoms with Crippen molar-refractivity contribution in [2.45, 2.75) is 26.9 Å². The molecule has 0 aliphatic heterocycles. The summed E-state index contributed by atoms with van der Waals surface area (Å²) in [5, 5.41) is 2.90. The zero-order valence-electron chi connectivity index (χ0n) is 15.6. The van der Waals surface area contributed by atoms with E-state index in [2.05, 4.69) is 10.1 Å². The van der Waals surface area contributed by atoms with Crippen molar-refractivity contribution < 1.29 is 23.8 Å². The smallest absolute Gasteiger partial charge is 0.337 e. The van der Waals surface area contributed by atoms with Crippen LogP contribution in [0.3, 0.4) is 0 Å². The average molecular weight is 357 g/mol. The van der Waals surface area contributed by atoms with Gasteiger partial charge in [-0.15, -0.1) is 0 Å². The maximum atomic E-state index is 12.5. The topological polar surface area (TPSA) is 73.9 Å². The molecule has 2 aromatic carbocycles.